The van der Waals surface area contributed by atoms with Crippen LogP contribution in [0.5, 0.6) is 0 Å². The van der Waals surface area contributed by atoms with Crippen LogP contribution in [0.1, 0.15) is 87.0 Å². The van der Waals surface area contributed by atoms with Crippen molar-refractivity contribution in [2.45, 2.75) is 93.0 Å². The summed E-state index contributed by atoms with van der Waals surface area (Å²) in [6.45, 7) is 17.5. The second-order valence-corrected chi connectivity index (χ2v) is 7.41. The van der Waals surface area contributed by atoms with Crippen LogP contribution in [0, 0.1) is 17.3 Å². The summed E-state index contributed by atoms with van der Waals surface area (Å²) >= 11 is 0. The molecule has 0 amide bonds. The average Bonchev–Trinajstić information content (AvgIpc) is 2.33. The molecule has 0 heterocycles. The van der Waals surface area contributed by atoms with Crippen LogP contribution in [-0.2, 0) is 0 Å². The third-order valence-electron chi connectivity index (χ3n) is 4.77. The Morgan fingerprint density at radius 2 is 1.63 bits per heavy atom. The van der Waals surface area contributed by atoms with E-state index in [0.29, 0.717) is 11.5 Å². The standard InChI is InChI=1S/C18H39N/c1-8-11-12-16(9-2)14-17(19-10-3)13-15(4)18(5,6)7/h15-17,19H,8-14H2,1-7H3. The highest BCUT2D eigenvalue weighted by atomic mass is 14.9. The van der Waals surface area contributed by atoms with Gasteiger partial charge in [0.15, 0.2) is 0 Å². The van der Waals surface area contributed by atoms with Gasteiger partial charge in [0.1, 0.15) is 0 Å². The van der Waals surface area contributed by atoms with Gasteiger partial charge in [-0.05, 0) is 36.6 Å². The van der Waals surface area contributed by atoms with E-state index in [2.05, 4.69) is 53.8 Å². The largest absolute Gasteiger partial charge is 0.314 e. The van der Waals surface area contributed by atoms with E-state index < -0.39 is 0 Å². The Morgan fingerprint density at radius 1 is 1.00 bits per heavy atom. The van der Waals surface area contributed by atoms with Crippen LogP contribution in [-0.4, -0.2) is 12.6 Å². The molecule has 0 aromatic rings. The molecule has 0 aliphatic rings. The highest BCUT2D eigenvalue weighted by Gasteiger charge is 2.24. The average molecular weight is 270 g/mol. The smallest absolute Gasteiger partial charge is 0.00723 e. The molecule has 0 aliphatic heterocycles. The molecular weight excluding hydrogens is 230 g/mol. The Hall–Kier alpha value is -0.0400. The van der Waals surface area contributed by atoms with E-state index in [1.165, 1.54) is 38.5 Å². The topological polar surface area (TPSA) is 12.0 Å². The van der Waals surface area contributed by atoms with Gasteiger partial charge in [-0.25, -0.2) is 0 Å². The Bertz CT molecular complexity index is 204. The van der Waals surface area contributed by atoms with Crippen molar-refractivity contribution in [3.05, 3.63) is 0 Å². The number of hydrogen-bond acceptors (Lipinski definition) is 1. The van der Waals surface area contributed by atoms with Gasteiger partial charge in [0.25, 0.3) is 0 Å². The van der Waals surface area contributed by atoms with Gasteiger partial charge >= 0.3 is 0 Å². The molecule has 0 rings (SSSR count). The molecule has 3 atom stereocenters. The molecule has 1 N–H and O–H groups in total. The maximum absolute atomic E-state index is 3.73. The minimum Gasteiger partial charge on any atom is -0.314 e. The molecule has 0 aliphatic carbocycles. The molecular formula is C18H39N. The summed E-state index contributed by atoms with van der Waals surface area (Å²) in [6, 6.07) is 0.709. The third kappa shape index (κ3) is 8.68. The Kier molecular flexibility index (Phi) is 9.78. The first-order chi connectivity index (χ1) is 8.85. The molecule has 0 aromatic carbocycles. The molecule has 0 saturated carbocycles. The van der Waals surface area contributed by atoms with E-state index in [4.69, 9.17) is 0 Å². The summed E-state index contributed by atoms with van der Waals surface area (Å²) in [6.07, 6.45) is 8.17. The highest BCUT2D eigenvalue weighted by molar-refractivity contribution is 4.79. The lowest BCUT2D eigenvalue weighted by molar-refractivity contribution is 0.208. The van der Waals surface area contributed by atoms with Crippen molar-refractivity contribution in [3.8, 4) is 0 Å². The molecule has 3 unspecified atom stereocenters. The molecule has 19 heavy (non-hydrogen) atoms. The SMILES string of the molecule is CCCCC(CC)CC(CC(C)C(C)(C)C)NCC. The Labute approximate surface area is 122 Å². The van der Waals surface area contributed by atoms with E-state index in [0.717, 1.165) is 18.4 Å². The molecule has 0 fully saturated rings. The molecule has 1 heteroatoms. The van der Waals surface area contributed by atoms with Gasteiger partial charge < -0.3 is 5.32 Å². The predicted molar refractivity (Wildman–Crippen MR) is 88.6 cm³/mol. The van der Waals surface area contributed by atoms with Crippen LogP contribution < -0.4 is 5.32 Å². The van der Waals surface area contributed by atoms with Crippen molar-refractivity contribution >= 4 is 0 Å². The van der Waals surface area contributed by atoms with Crippen molar-refractivity contribution in [1.82, 2.24) is 5.32 Å². The number of rotatable bonds is 10. The van der Waals surface area contributed by atoms with Gasteiger partial charge in [-0.2, -0.15) is 0 Å². The predicted octanol–water partition coefficient (Wildman–Crippen LogP) is 5.64. The van der Waals surface area contributed by atoms with Crippen LogP contribution in [0.2, 0.25) is 0 Å². The molecule has 0 bridgehead atoms. The number of hydrogen-bond donors (Lipinski definition) is 1. The minimum absolute atomic E-state index is 0.429. The fourth-order valence-electron chi connectivity index (χ4n) is 2.72. The lowest BCUT2D eigenvalue weighted by Crippen LogP contribution is -2.35. The van der Waals surface area contributed by atoms with Crippen LogP contribution in [0.15, 0.2) is 0 Å². The molecule has 0 spiro atoms. The van der Waals surface area contributed by atoms with Gasteiger partial charge in [0.05, 0.1) is 0 Å². The maximum Gasteiger partial charge on any atom is 0.00723 e. The first kappa shape index (κ1) is 19.0. The summed E-state index contributed by atoms with van der Waals surface area (Å²) in [5.41, 5.74) is 0.429. The summed E-state index contributed by atoms with van der Waals surface area (Å²) in [7, 11) is 0. The van der Waals surface area contributed by atoms with Crippen molar-refractivity contribution in [2.75, 3.05) is 6.54 Å². The molecule has 0 aromatic heterocycles. The van der Waals surface area contributed by atoms with Gasteiger partial charge in [0, 0.05) is 6.04 Å². The quantitative estimate of drug-likeness (QED) is 0.541. The van der Waals surface area contributed by atoms with E-state index in [9.17, 15) is 0 Å². The van der Waals surface area contributed by atoms with Gasteiger partial charge in [-0.15, -0.1) is 0 Å². The number of nitrogens with one attached hydrogen (secondary N) is 1. The number of unbranched alkanes of at least 4 members (excludes halogenated alkanes) is 1. The lowest BCUT2D eigenvalue weighted by atomic mass is 9.77. The van der Waals surface area contributed by atoms with Gasteiger partial charge in [0.2, 0.25) is 0 Å². The summed E-state index contributed by atoms with van der Waals surface area (Å²) in [5.74, 6) is 1.69. The van der Waals surface area contributed by atoms with Gasteiger partial charge in [-0.1, -0.05) is 74.1 Å². The van der Waals surface area contributed by atoms with Crippen molar-refractivity contribution < 1.29 is 0 Å². The highest BCUT2D eigenvalue weighted by Crippen LogP contribution is 2.31. The Morgan fingerprint density at radius 3 is 2.05 bits per heavy atom. The van der Waals surface area contributed by atoms with Crippen molar-refractivity contribution in [1.29, 1.82) is 0 Å². The van der Waals surface area contributed by atoms with Crippen molar-refractivity contribution in [2.24, 2.45) is 17.3 Å². The first-order valence-corrected chi connectivity index (χ1v) is 8.58. The van der Waals surface area contributed by atoms with Crippen LogP contribution >= 0.6 is 0 Å². The minimum atomic E-state index is 0.429. The monoisotopic (exact) mass is 269 g/mol. The Balaban J connectivity index is 4.37. The summed E-state index contributed by atoms with van der Waals surface area (Å²) < 4.78 is 0. The van der Waals surface area contributed by atoms with E-state index in [1.54, 1.807) is 0 Å². The van der Waals surface area contributed by atoms with E-state index in [1.807, 2.05) is 0 Å². The van der Waals surface area contributed by atoms with Crippen LogP contribution in [0.25, 0.3) is 0 Å². The van der Waals surface area contributed by atoms with Crippen LogP contribution in [0.3, 0.4) is 0 Å². The molecule has 116 valence electrons. The maximum atomic E-state index is 3.73. The first-order valence-electron chi connectivity index (χ1n) is 8.58. The lowest BCUT2D eigenvalue weighted by Gasteiger charge is -2.32. The van der Waals surface area contributed by atoms with Crippen LogP contribution in [0.4, 0.5) is 0 Å². The second-order valence-electron chi connectivity index (χ2n) is 7.41. The summed E-state index contributed by atoms with van der Waals surface area (Å²) in [4.78, 5) is 0. The van der Waals surface area contributed by atoms with E-state index in [-0.39, 0.29) is 0 Å². The van der Waals surface area contributed by atoms with Gasteiger partial charge in [-0.3, -0.25) is 0 Å². The fraction of sp³-hybridized carbons (Fsp3) is 1.00. The second kappa shape index (κ2) is 9.80. The fourth-order valence-corrected chi connectivity index (χ4v) is 2.72. The zero-order chi connectivity index (χ0) is 14.9. The third-order valence-corrected chi connectivity index (χ3v) is 4.77. The normalized spacial score (nSPS) is 17.2. The summed E-state index contributed by atoms with van der Waals surface area (Å²) in [5, 5.41) is 3.73. The molecule has 0 radical (unpaired) electrons. The zero-order valence-electron chi connectivity index (χ0n) is 14.7. The molecule has 1 nitrogen and oxygen atoms in total. The van der Waals surface area contributed by atoms with Crippen molar-refractivity contribution in [3.63, 3.8) is 0 Å². The zero-order valence-corrected chi connectivity index (χ0v) is 14.7. The molecule has 0 saturated heterocycles. The van der Waals surface area contributed by atoms with E-state index >= 15 is 0 Å².